The number of benzene rings is 2. The number of hydrogen-bond donors (Lipinski definition) is 1. The Morgan fingerprint density at radius 2 is 1.65 bits per heavy atom. The molecule has 0 aromatic heterocycles. The Labute approximate surface area is 186 Å². The molecule has 2 aromatic rings. The first-order valence-electron chi connectivity index (χ1n) is 11.5. The number of rotatable bonds is 9. The zero-order valence-corrected chi connectivity index (χ0v) is 19.0. The topological polar surface area (TPSA) is 55.4 Å². The van der Waals surface area contributed by atoms with E-state index in [0.29, 0.717) is 12.5 Å². The summed E-state index contributed by atoms with van der Waals surface area (Å²) in [6, 6.07) is 17.1. The second kappa shape index (κ2) is 11.1. The van der Waals surface area contributed by atoms with E-state index in [0.717, 1.165) is 23.7 Å². The molecule has 1 amide bonds. The molecule has 1 fully saturated rings. The number of carbonyl (C=O) groups is 2. The van der Waals surface area contributed by atoms with Crippen LogP contribution < -0.4 is 10.1 Å². The number of ketones is 1. The third-order valence-corrected chi connectivity index (χ3v) is 6.30. The maximum absolute atomic E-state index is 11.8. The van der Waals surface area contributed by atoms with Gasteiger partial charge < -0.3 is 10.1 Å². The summed E-state index contributed by atoms with van der Waals surface area (Å²) in [5.41, 5.74) is 3.87. The Kier molecular flexibility index (Phi) is 8.27. The lowest BCUT2D eigenvalue weighted by Crippen LogP contribution is -2.27. The lowest BCUT2D eigenvalue weighted by atomic mass is 9.76. The summed E-state index contributed by atoms with van der Waals surface area (Å²) >= 11 is 0. The van der Waals surface area contributed by atoms with Gasteiger partial charge >= 0.3 is 0 Å². The fourth-order valence-corrected chi connectivity index (χ4v) is 4.58. The highest BCUT2D eigenvalue weighted by atomic mass is 16.5. The standard InChI is InChI=1S/C27H35NO3/c1-4-31-26-15-7-22(8-16-26)18-21-5-9-24(10-6-21)25-13-11-23(12-14-25)20(3)28-27(30)17-19(2)29/h7-8,11-16,20-21,24H,4-6,9-10,17-18H2,1-3H3,(H,28,30)/t20-,21?,24?/m0/s1. The lowest BCUT2D eigenvalue weighted by Gasteiger charge is -2.29. The van der Waals surface area contributed by atoms with Gasteiger partial charge in [0.05, 0.1) is 19.1 Å². The molecular weight excluding hydrogens is 386 g/mol. The van der Waals surface area contributed by atoms with Gasteiger partial charge in [-0.2, -0.15) is 0 Å². The third-order valence-electron chi connectivity index (χ3n) is 6.30. The van der Waals surface area contributed by atoms with E-state index in [1.165, 1.54) is 43.7 Å². The van der Waals surface area contributed by atoms with Crippen LogP contribution in [0.1, 0.15) is 81.5 Å². The fourth-order valence-electron chi connectivity index (χ4n) is 4.58. The zero-order valence-electron chi connectivity index (χ0n) is 19.0. The van der Waals surface area contributed by atoms with E-state index in [1.54, 1.807) is 0 Å². The van der Waals surface area contributed by atoms with Gasteiger partial charge in [-0.15, -0.1) is 0 Å². The number of amides is 1. The zero-order chi connectivity index (χ0) is 22.2. The van der Waals surface area contributed by atoms with Crippen LogP contribution in [0.3, 0.4) is 0 Å². The van der Waals surface area contributed by atoms with Crippen LogP contribution >= 0.6 is 0 Å². The number of carbonyl (C=O) groups excluding carboxylic acids is 2. The first-order valence-corrected chi connectivity index (χ1v) is 11.5. The van der Waals surface area contributed by atoms with E-state index in [4.69, 9.17) is 4.74 Å². The van der Waals surface area contributed by atoms with Crippen molar-refractivity contribution in [1.82, 2.24) is 5.32 Å². The van der Waals surface area contributed by atoms with Crippen molar-refractivity contribution in [2.24, 2.45) is 5.92 Å². The van der Waals surface area contributed by atoms with E-state index < -0.39 is 0 Å². The Hall–Kier alpha value is -2.62. The van der Waals surface area contributed by atoms with E-state index in [9.17, 15) is 9.59 Å². The summed E-state index contributed by atoms with van der Waals surface area (Å²) in [6.45, 7) is 6.11. The second-order valence-electron chi connectivity index (χ2n) is 8.83. The summed E-state index contributed by atoms with van der Waals surface area (Å²) < 4.78 is 5.54. The lowest BCUT2D eigenvalue weighted by molar-refractivity contribution is -0.127. The summed E-state index contributed by atoms with van der Waals surface area (Å²) in [5.74, 6) is 2.00. The van der Waals surface area contributed by atoms with Gasteiger partial charge in [0.15, 0.2) is 0 Å². The van der Waals surface area contributed by atoms with E-state index in [1.807, 2.05) is 13.8 Å². The molecule has 166 valence electrons. The van der Waals surface area contributed by atoms with Gasteiger partial charge in [0.1, 0.15) is 11.5 Å². The maximum atomic E-state index is 11.8. The molecule has 3 rings (SSSR count). The van der Waals surface area contributed by atoms with Crippen molar-refractivity contribution in [3.8, 4) is 5.75 Å². The largest absolute Gasteiger partial charge is 0.494 e. The van der Waals surface area contributed by atoms with E-state index >= 15 is 0 Å². The van der Waals surface area contributed by atoms with Gasteiger partial charge in [0, 0.05) is 0 Å². The average Bonchev–Trinajstić information content (AvgIpc) is 2.75. The molecule has 0 aliphatic heterocycles. The number of hydrogen-bond acceptors (Lipinski definition) is 3. The SMILES string of the molecule is CCOc1ccc(CC2CCC(c3ccc([C@H](C)NC(=O)CC(C)=O)cc3)CC2)cc1. The van der Waals surface area contributed by atoms with Crippen molar-refractivity contribution in [1.29, 1.82) is 0 Å². The molecule has 0 unspecified atom stereocenters. The van der Waals surface area contributed by atoms with Gasteiger partial charge in [-0.25, -0.2) is 0 Å². The van der Waals surface area contributed by atoms with Crippen LogP contribution in [0.15, 0.2) is 48.5 Å². The van der Waals surface area contributed by atoms with Crippen LogP contribution in [0.2, 0.25) is 0 Å². The highest BCUT2D eigenvalue weighted by molar-refractivity contribution is 5.96. The molecule has 0 radical (unpaired) electrons. The minimum atomic E-state index is -0.213. The van der Waals surface area contributed by atoms with Crippen LogP contribution in [0, 0.1) is 5.92 Å². The van der Waals surface area contributed by atoms with Crippen LogP contribution in [0.4, 0.5) is 0 Å². The van der Waals surface area contributed by atoms with Crippen LogP contribution in [-0.4, -0.2) is 18.3 Å². The maximum Gasteiger partial charge on any atom is 0.227 e. The molecule has 31 heavy (non-hydrogen) atoms. The van der Waals surface area contributed by atoms with Gasteiger partial charge in [-0.1, -0.05) is 36.4 Å². The summed E-state index contributed by atoms with van der Waals surface area (Å²) in [7, 11) is 0. The molecule has 0 heterocycles. The molecule has 1 aliphatic carbocycles. The minimum Gasteiger partial charge on any atom is -0.494 e. The van der Waals surface area contributed by atoms with Crippen molar-refractivity contribution >= 4 is 11.7 Å². The van der Waals surface area contributed by atoms with Crippen molar-refractivity contribution in [2.45, 2.75) is 71.3 Å². The third kappa shape index (κ3) is 6.95. The van der Waals surface area contributed by atoms with Crippen LogP contribution in [0.25, 0.3) is 0 Å². The summed E-state index contributed by atoms with van der Waals surface area (Å²) in [6.07, 6.45) is 6.07. The molecule has 4 nitrogen and oxygen atoms in total. The Balaban J connectivity index is 1.48. The van der Waals surface area contributed by atoms with Crippen LogP contribution in [0.5, 0.6) is 5.75 Å². The molecular formula is C27H35NO3. The second-order valence-corrected chi connectivity index (χ2v) is 8.83. The molecule has 1 atom stereocenters. The molecule has 0 spiro atoms. The van der Waals surface area contributed by atoms with Crippen molar-refractivity contribution in [3.05, 3.63) is 65.2 Å². The molecule has 1 saturated carbocycles. The summed E-state index contributed by atoms with van der Waals surface area (Å²) in [4.78, 5) is 22.9. The van der Waals surface area contributed by atoms with E-state index in [-0.39, 0.29) is 24.2 Å². The predicted octanol–water partition coefficient (Wildman–Crippen LogP) is 5.76. The van der Waals surface area contributed by atoms with Gasteiger partial charge in [-0.05, 0) is 93.5 Å². The molecule has 0 bridgehead atoms. The quantitative estimate of drug-likeness (QED) is 0.524. The molecule has 4 heteroatoms. The Bertz CT molecular complexity index is 849. The number of nitrogens with one attached hydrogen (secondary N) is 1. The smallest absolute Gasteiger partial charge is 0.227 e. The van der Waals surface area contributed by atoms with Crippen LogP contribution in [-0.2, 0) is 16.0 Å². The van der Waals surface area contributed by atoms with Gasteiger partial charge in [-0.3, -0.25) is 9.59 Å². The molecule has 1 aliphatic rings. The predicted molar refractivity (Wildman–Crippen MR) is 124 cm³/mol. The number of Topliss-reactive ketones (excluding diaryl/α,β-unsaturated/α-hetero) is 1. The highest BCUT2D eigenvalue weighted by Crippen LogP contribution is 2.37. The monoisotopic (exact) mass is 421 g/mol. The van der Waals surface area contributed by atoms with Gasteiger partial charge in [0.25, 0.3) is 0 Å². The van der Waals surface area contributed by atoms with Gasteiger partial charge in [0.2, 0.25) is 5.91 Å². The highest BCUT2D eigenvalue weighted by Gasteiger charge is 2.23. The van der Waals surface area contributed by atoms with Crippen molar-refractivity contribution < 1.29 is 14.3 Å². The Morgan fingerprint density at radius 1 is 1.00 bits per heavy atom. The number of ether oxygens (including phenoxy) is 1. The Morgan fingerprint density at radius 3 is 2.23 bits per heavy atom. The molecule has 1 N–H and O–H groups in total. The first-order chi connectivity index (χ1) is 14.9. The first kappa shape index (κ1) is 23.1. The average molecular weight is 422 g/mol. The normalized spacial score (nSPS) is 19.5. The summed E-state index contributed by atoms with van der Waals surface area (Å²) in [5, 5.41) is 2.90. The minimum absolute atomic E-state index is 0.0532. The van der Waals surface area contributed by atoms with Crippen molar-refractivity contribution in [2.75, 3.05) is 6.61 Å². The molecule has 0 saturated heterocycles. The van der Waals surface area contributed by atoms with Crippen molar-refractivity contribution in [3.63, 3.8) is 0 Å². The van der Waals surface area contributed by atoms with E-state index in [2.05, 4.69) is 53.8 Å². The fraction of sp³-hybridized carbons (Fsp3) is 0.481. The molecule has 2 aromatic carbocycles.